The van der Waals surface area contributed by atoms with Crippen molar-refractivity contribution in [3.8, 4) is 11.3 Å². The molecule has 0 fully saturated rings. The zero-order valence-electron chi connectivity index (χ0n) is 17.7. The zero-order valence-corrected chi connectivity index (χ0v) is 20.1. The first-order valence-corrected chi connectivity index (χ1v) is 10.7. The standard InChI is InChI=1S/C29H20N3.Ir/c1-2-12-23(13-3-1)31-26-16-4-6-18-28(26)32(29-19-7-5-17-27(29)31)24-14-10-11-22(21-24)25-15-8-9-20-30-25;/h1-10,12-21H;/q-1;. The van der Waals surface area contributed by atoms with Gasteiger partial charge in [0.05, 0.1) is 22.7 Å². The molecular weight excluding hydrogens is 583 g/mol. The van der Waals surface area contributed by atoms with Gasteiger partial charge in [-0.05, 0) is 53.8 Å². The second kappa shape index (κ2) is 9.03. The van der Waals surface area contributed by atoms with Gasteiger partial charge in [0.15, 0.2) is 0 Å². The SMILES string of the molecule is [Ir].[c-]1ccc(N2c3ccccc3N(c3ccccc3)c3ccccc32)cc1-c1ccccn1. The average molecular weight is 603 g/mol. The Bertz CT molecular complexity index is 1340. The van der Waals surface area contributed by atoms with Gasteiger partial charge in [0.2, 0.25) is 0 Å². The Kier molecular flexibility index (Phi) is 5.78. The van der Waals surface area contributed by atoms with E-state index in [0.717, 1.165) is 45.4 Å². The van der Waals surface area contributed by atoms with Gasteiger partial charge in [-0.2, -0.15) is 0 Å². The van der Waals surface area contributed by atoms with E-state index in [4.69, 9.17) is 0 Å². The molecule has 4 heteroatoms. The Morgan fingerprint density at radius 1 is 0.545 bits per heavy atom. The second-order valence-corrected chi connectivity index (χ2v) is 7.66. The Balaban J connectivity index is 0.00000228. The normalized spacial score (nSPS) is 11.9. The van der Waals surface area contributed by atoms with E-state index in [1.165, 1.54) is 0 Å². The first kappa shape index (κ1) is 21.1. The smallest absolute Gasteiger partial charge is 0.0702 e. The second-order valence-electron chi connectivity index (χ2n) is 7.66. The summed E-state index contributed by atoms with van der Waals surface area (Å²) in [5.74, 6) is 0. The molecule has 0 amide bonds. The van der Waals surface area contributed by atoms with Crippen LogP contribution < -0.4 is 9.80 Å². The van der Waals surface area contributed by atoms with Crippen LogP contribution in [0.1, 0.15) is 0 Å². The minimum Gasteiger partial charge on any atom is -0.324 e. The number of para-hydroxylation sites is 5. The molecule has 1 aliphatic rings. The third-order valence-electron chi connectivity index (χ3n) is 5.73. The van der Waals surface area contributed by atoms with Crippen LogP contribution in [0, 0.1) is 6.07 Å². The summed E-state index contributed by atoms with van der Waals surface area (Å²) < 4.78 is 0. The minimum absolute atomic E-state index is 0. The van der Waals surface area contributed by atoms with Gasteiger partial charge in [-0.15, -0.1) is 29.8 Å². The molecule has 0 unspecified atom stereocenters. The van der Waals surface area contributed by atoms with E-state index in [9.17, 15) is 0 Å². The maximum atomic E-state index is 4.52. The number of nitrogens with zero attached hydrogens (tertiary/aromatic N) is 3. The third kappa shape index (κ3) is 3.74. The van der Waals surface area contributed by atoms with E-state index in [-0.39, 0.29) is 20.1 Å². The molecule has 33 heavy (non-hydrogen) atoms. The molecule has 5 aromatic rings. The van der Waals surface area contributed by atoms with Gasteiger partial charge in [-0.25, -0.2) is 0 Å². The molecule has 0 saturated heterocycles. The number of hydrogen-bond acceptors (Lipinski definition) is 3. The fraction of sp³-hybridized carbons (Fsp3) is 0. The van der Waals surface area contributed by atoms with Crippen molar-refractivity contribution in [1.29, 1.82) is 0 Å². The summed E-state index contributed by atoms with van der Waals surface area (Å²) in [5.41, 5.74) is 8.66. The Labute approximate surface area is 207 Å². The van der Waals surface area contributed by atoms with Crippen molar-refractivity contribution < 1.29 is 20.1 Å². The number of hydrogen-bond donors (Lipinski definition) is 0. The summed E-state index contributed by atoms with van der Waals surface area (Å²) in [6.07, 6.45) is 1.82. The largest absolute Gasteiger partial charge is 0.324 e. The van der Waals surface area contributed by atoms with Crippen LogP contribution in [-0.4, -0.2) is 4.98 Å². The Morgan fingerprint density at radius 2 is 1.09 bits per heavy atom. The van der Waals surface area contributed by atoms with Gasteiger partial charge >= 0.3 is 0 Å². The molecule has 1 aliphatic heterocycles. The van der Waals surface area contributed by atoms with Crippen LogP contribution in [0.2, 0.25) is 0 Å². The maximum Gasteiger partial charge on any atom is 0.0702 e. The molecule has 6 rings (SSSR count). The molecule has 1 radical (unpaired) electrons. The quantitative estimate of drug-likeness (QED) is 0.193. The third-order valence-corrected chi connectivity index (χ3v) is 5.73. The molecule has 0 aliphatic carbocycles. The Morgan fingerprint density at radius 3 is 1.67 bits per heavy atom. The van der Waals surface area contributed by atoms with E-state index < -0.39 is 0 Å². The fourth-order valence-electron chi connectivity index (χ4n) is 4.34. The summed E-state index contributed by atoms with van der Waals surface area (Å²) in [5, 5.41) is 0. The van der Waals surface area contributed by atoms with Crippen LogP contribution >= 0.6 is 0 Å². The van der Waals surface area contributed by atoms with E-state index >= 15 is 0 Å². The molecule has 0 bridgehead atoms. The van der Waals surface area contributed by atoms with E-state index in [2.05, 4.69) is 112 Å². The van der Waals surface area contributed by atoms with Gasteiger partial charge < -0.3 is 14.8 Å². The van der Waals surface area contributed by atoms with Gasteiger partial charge in [0, 0.05) is 32.0 Å². The molecule has 0 saturated carbocycles. The van der Waals surface area contributed by atoms with Crippen molar-refractivity contribution in [1.82, 2.24) is 4.98 Å². The van der Waals surface area contributed by atoms with Crippen molar-refractivity contribution in [2.75, 3.05) is 9.80 Å². The first-order valence-electron chi connectivity index (χ1n) is 10.7. The molecule has 161 valence electrons. The summed E-state index contributed by atoms with van der Waals surface area (Å²) >= 11 is 0. The van der Waals surface area contributed by atoms with Crippen LogP contribution in [0.4, 0.5) is 34.1 Å². The number of fused-ring (bicyclic) bond motifs is 2. The minimum atomic E-state index is 0. The summed E-state index contributed by atoms with van der Waals surface area (Å²) in [6, 6.07) is 43.2. The summed E-state index contributed by atoms with van der Waals surface area (Å²) in [6.45, 7) is 0. The van der Waals surface area contributed by atoms with Gasteiger partial charge in [-0.1, -0.05) is 54.6 Å². The van der Waals surface area contributed by atoms with Crippen molar-refractivity contribution in [2.24, 2.45) is 0 Å². The van der Waals surface area contributed by atoms with Crippen LogP contribution in [-0.2, 0) is 20.1 Å². The molecule has 0 N–H and O–H groups in total. The van der Waals surface area contributed by atoms with Crippen LogP contribution in [0.3, 0.4) is 0 Å². The number of rotatable bonds is 3. The van der Waals surface area contributed by atoms with Gasteiger partial charge in [0.25, 0.3) is 0 Å². The van der Waals surface area contributed by atoms with Crippen molar-refractivity contribution in [2.45, 2.75) is 0 Å². The van der Waals surface area contributed by atoms with E-state index in [1.54, 1.807) is 0 Å². The number of aromatic nitrogens is 1. The van der Waals surface area contributed by atoms with Crippen LogP contribution in [0.15, 0.2) is 121 Å². The molecular formula is C29H20IrN3-. The predicted octanol–water partition coefficient (Wildman–Crippen LogP) is 7.80. The van der Waals surface area contributed by atoms with Crippen LogP contribution in [0.25, 0.3) is 11.3 Å². The zero-order chi connectivity index (χ0) is 21.3. The molecule has 3 nitrogen and oxygen atoms in total. The number of benzene rings is 4. The molecule has 1 aromatic heterocycles. The topological polar surface area (TPSA) is 19.4 Å². The maximum absolute atomic E-state index is 4.52. The summed E-state index contributed by atoms with van der Waals surface area (Å²) in [4.78, 5) is 9.17. The molecule has 2 heterocycles. The molecule has 4 aromatic carbocycles. The first-order chi connectivity index (χ1) is 15.9. The van der Waals surface area contributed by atoms with Gasteiger partial charge in [0.1, 0.15) is 0 Å². The predicted molar refractivity (Wildman–Crippen MR) is 131 cm³/mol. The fourth-order valence-corrected chi connectivity index (χ4v) is 4.34. The van der Waals surface area contributed by atoms with E-state index in [0.29, 0.717) is 0 Å². The Hall–Kier alpha value is -3.72. The van der Waals surface area contributed by atoms with Crippen molar-refractivity contribution >= 4 is 34.1 Å². The van der Waals surface area contributed by atoms with Crippen LogP contribution in [0.5, 0.6) is 0 Å². The number of pyridine rings is 1. The van der Waals surface area contributed by atoms with E-state index in [1.807, 2.05) is 30.5 Å². The van der Waals surface area contributed by atoms with Crippen molar-refractivity contribution in [3.63, 3.8) is 0 Å². The molecule has 0 spiro atoms. The number of anilines is 6. The monoisotopic (exact) mass is 603 g/mol. The van der Waals surface area contributed by atoms with Gasteiger partial charge in [-0.3, -0.25) is 0 Å². The van der Waals surface area contributed by atoms with Crippen molar-refractivity contribution in [3.05, 3.63) is 128 Å². The molecule has 0 atom stereocenters. The average Bonchev–Trinajstić information content (AvgIpc) is 2.88. The summed E-state index contributed by atoms with van der Waals surface area (Å²) in [7, 11) is 0.